The average molecular weight is 230 g/mol. The summed E-state index contributed by atoms with van der Waals surface area (Å²) in [6.45, 7) is 0. The van der Waals surface area contributed by atoms with E-state index < -0.39 is 0 Å². The highest BCUT2D eigenvalue weighted by Crippen LogP contribution is 2.28. The fourth-order valence-electron chi connectivity index (χ4n) is 1.04. The number of aromatic nitrogens is 4. The van der Waals surface area contributed by atoms with Crippen LogP contribution in [0.2, 0.25) is 10.0 Å². The molecule has 72 valence electrons. The van der Waals surface area contributed by atoms with Crippen LogP contribution in [0.5, 0.6) is 0 Å². The van der Waals surface area contributed by atoms with Crippen molar-refractivity contribution in [1.82, 2.24) is 20.2 Å². The van der Waals surface area contributed by atoms with Crippen LogP contribution < -0.4 is 5.73 Å². The van der Waals surface area contributed by atoms with E-state index in [-0.39, 0.29) is 5.95 Å². The van der Waals surface area contributed by atoms with Gasteiger partial charge in [-0.3, -0.25) is 0 Å². The van der Waals surface area contributed by atoms with Crippen LogP contribution >= 0.6 is 23.2 Å². The number of nitrogens with two attached hydrogens (primary N) is 1. The van der Waals surface area contributed by atoms with Crippen LogP contribution in [0.25, 0.3) is 5.69 Å². The van der Waals surface area contributed by atoms with Crippen LogP contribution in [0, 0.1) is 0 Å². The molecule has 14 heavy (non-hydrogen) atoms. The lowest BCUT2D eigenvalue weighted by molar-refractivity contribution is 0.792. The molecule has 7 heteroatoms. The second-order valence-electron chi connectivity index (χ2n) is 2.52. The summed E-state index contributed by atoms with van der Waals surface area (Å²) in [5.74, 6) is 0.139. The first-order valence-corrected chi connectivity index (χ1v) is 4.44. The molecule has 0 amide bonds. The second-order valence-corrected chi connectivity index (χ2v) is 3.33. The molecule has 0 saturated heterocycles. The molecule has 0 saturated carbocycles. The molecule has 0 aliphatic rings. The first-order valence-electron chi connectivity index (χ1n) is 3.68. The summed E-state index contributed by atoms with van der Waals surface area (Å²) in [5, 5.41) is 11.5. The predicted octanol–water partition coefficient (Wildman–Crippen LogP) is 1.55. The zero-order valence-electron chi connectivity index (χ0n) is 6.85. The van der Waals surface area contributed by atoms with Crippen LogP contribution in [0.1, 0.15) is 0 Å². The first kappa shape index (κ1) is 9.23. The van der Waals surface area contributed by atoms with E-state index in [0.717, 1.165) is 0 Å². The maximum Gasteiger partial charge on any atom is 0.245 e. The number of rotatable bonds is 1. The molecule has 1 aromatic carbocycles. The minimum Gasteiger partial charge on any atom is -0.366 e. The Hall–Kier alpha value is -1.33. The molecule has 5 nitrogen and oxygen atoms in total. The highest BCUT2D eigenvalue weighted by atomic mass is 35.5. The minimum absolute atomic E-state index is 0.139. The van der Waals surface area contributed by atoms with Gasteiger partial charge in [0.25, 0.3) is 0 Å². The van der Waals surface area contributed by atoms with Gasteiger partial charge < -0.3 is 5.73 Å². The van der Waals surface area contributed by atoms with Crippen molar-refractivity contribution in [3.8, 4) is 5.69 Å². The van der Waals surface area contributed by atoms with E-state index in [4.69, 9.17) is 28.9 Å². The molecular formula is C7H5Cl2N5. The number of nitrogen functional groups attached to an aromatic ring is 1. The third-order valence-corrected chi connectivity index (χ3v) is 2.25. The maximum atomic E-state index is 5.94. The summed E-state index contributed by atoms with van der Waals surface area (Å²) in [6, 6.07) is 5.10. The van der Waals surface area contributed by atoms with Crippen LogP contribution in [0.15, 0.2) is 18.2 Å². The second kappa shape index (κ2) is 3.43. The monoisotopic (exact) mass is 229 g/mol. The third kappa shape index (κ3) is 1.40. The van der Waals surface area contributed by atoms with Gasteiger partial charge in [-0.05, 0) is 22.6 Å². The Morgan fingerprint density at radius 2 is 1.86 bits per heavy atom. The van der Waals surface area contributed by atoms with Gasteiger partial charge in [0.15, 0.2) is 0 Å². The van der Waals surface area contributed by atoms with E-state index in [2.05, 4.69) is 15.5 Å². The topological polar surface area (TPSA) is 69.6 Å². The summed E-state index contributed by atoms with van der Waals surface area (Å²) in [5.41, 5.74) is 6.00. The van der Waals surface area contributed by atoms with Gasteiger partial charge in [0.2, 0.25) is 5.95 Å². The molecule has 0 spiro atoms. The molecular weight excluding hydrogens is 225 g/mol. The Balaban J connectivity index is 2.68. The number of hydrogen-bond donors (Lipinski definition) is 1. The molecule has 0 atom stereocenters. The Morgan fingerprint density at radius 3 is 2.36 bits per heavy atom. The van der Waals surface area contributed by atoms with Crippen molar-refractivity contribution >= 4 is 29.2 Å². The van der Waals surface area contributed by atoms with Crippen molar-refractivity contribution in [2.45, 2.75) is 0 Å². The molecule has 2 N–H and O–H groups in total. The molecule has 0 aliphatic heterocycles. The molecule has 0 fully saturated rings. The van der Waals surface area contributed by atoms with Gasteiger partial charge in [-0.1, -0.05) is 34.4 Å². The smallest absolute Gasteiger partial charge is 0.245 e. The van der Waals surface area contributed by atoms with E-state index >= 15 is 0 Å². The van der Waals surface area contributed by atoms with Gasteiger partial charge in [0.05, 0.1) is 10.0 Å². The Morgan fingerprint density at radius 1 is 1.21 bits per heavy atom. The largest absolute Gasteiger partial charge is 0.366 e. The number of anilines is 1. The highest BCUT2D eigenvalue weighted by molar-refractivity contribution is 6.37. The molecule has 0 aliphatic carbocycles. The lowest BCUT2D eigenvalue weighted by atomic mass is 10.3. The molecule has 2 aromatic rings. The van der Waals surface area contributed by atoms with Gasteiger partial charge in [0.1, 0.15) is 5.69 Å². The molecule has 0 unspecified atom stereocenters. The Labute approximate surface area is 89.4 Å². The Bertz CT molecular complexity index is 447. The first-order chi connectivity index (χ1) is 6.70. The van der Waals surface area contributed by atoms with Crippen molar-refractivity contribution < 1.29 is 0 Å². The minimum atomic E-state index is 0.139. The van der Waals surface area contributed by atoms with Crippen LogP contribution in [0.4, 0.5) is 5.95 Å². The molecule has 1 heterocycles. The summed E-state index contributed by atoms with van der Waals surface area (Å²) in [7, 11) is 0. The fourth-order valence-corrected chi connectivity index (χ4v) is 1.60. The van der Waals surface area contributed by atoms with Gasteiger partial charge in [0, 0.05) is 0 Å². The summed E-state index contributed by atoms with van der Waals surface area (Å²) >= 11 is 11.9. The molecule has 1 aromatic heterocycles. The zero-order valence-corrected chi connectivity index (χ0v) is 8.37. The van der Waals surface area contributed by atoms with E-state index in [9.17, 15) is 0 Å². The standard InChI is InChI=1S/C7H5Cl2N5/c8-4-2-1-3-5(9)6(4)14-7(10)11-12-13-14/h1-3H,(H2,10,11,13). The van der Waals surface area contributed by atoms with Crippen molar-refractivity contribution in [3.63, 3.8) is 0 Å². The SMILES string of the molecule is Nc1nnnn1-c1c(Cl)cccc1Cl. The number of tetrazole rings is 1. The summed E-state index contributed by atoms with van der Waals surface area (Å²) in [4.78, 5) is 0. The number of nitrogens with zero attached hydrogens (tertiary/aromatic N) is 4. The lowest BCUT2D eigenvalue weighted by Crippen LogP contribution is -2.03. The van der Waals surface area contributed by atoms with Gasteiger partial charge in [-0.2, -0.15) is 4.68 Å². The van der Waals surface area contributed by atoms with E-state index in [0.29, 0.717) is 15.7 Å². The number of benzene rings is 1. The van der Waals surface area contributed by atoms with Gasteiger partial charge >= 0.3 is 0 Å². The number of hydrogen-bond acceptors (Lipinski definition) is 4. The number of para-hydroxylation sites is 1. The maximum absolute atomic E-state index is 5.94. The van der Waals surface area contributed by atoms with Crippen molar-refractivity contribution in [2.75, 3.05) is 5.73 Å². The highest BCUT2D eigenvalue weighted by Gasteiger charge is 2.11. The van der Waals surface area contributed by atoms with E-state index in [1.807, 2.05) is 0 Å². The van der Waals surface area contributed by atoms with Crippen LogP contribution in [-0.2, 0) is 0 Å². The third-order valence-electron chi connectivity index (χ3n) is 1.64. The van der Waals surface area contributed by atoms with Crippen LogP contribution in [0.3, 0.4) is 0 Å². The van der Waals surface area contributed by atoms with Crippen LogP contribution in [-0.4, -0.2) is 20.2 Å². The van der Waals surface area contributed by atoms with Crippen molar-refractivity contribution in [3.05, 3.63) is 28.2 Å². The van der Waals surface area contributed by atoms with E-state index in [1.54, 1.807) is 18.2 Å². The molecule has 0 radical (unpaired) electrons. The van der Waals surface area contributed by atoms with Gasteiger partial charge in [-0.15, -0.1) is 0 Å². The van der Waals surface area contributed by atoms with Crippen molar-refractivity contribution in [1.29, 1.82) is 0 Å². The molecule has 2 rings (SSSR count). The summed E-state index contributed by atoms with van der Waals surface area (Å²) < 4.78 is 1.28. The quantitative estimate of drug-likeness (QED) is 0.806. The summed E-state index contributed by atoms with van der Waals surface area (Å²) in [6.07, 6.45) is 0. The van der Waals surface area contributed by atoms with E-state index in [1.165, 1.54) is 4.68 Å². The normalized spacial score (nSPS) is 10.4. The Kier molecular flexibility index (Phi) is 2.26. The predicted molar refractivity (Wildman–Crippen MR) is 53.6 cm³/mol. The lowest BCUT2D eigenvalue weighted by Gasteiger charge is -2.05. The average Bonchev–Trinajstić information content (AvgIpc) is 2.52. The zero-order chi connectivity index (χ0) is 10.1. The fraction of sp³-hybridized carbons (Fsp3) is 0. The van der Waals surface area contributed by atoms with Gasteiger partial charge in [-0.25, -0.2) is 0 Å². The number of halogens is 2. The molecule has 0 bridgehead atoms. The van der Waals surface area contributed by atoms with Crippen molar-refractivity contribution in [2.24, 2.45) is 0 Å².